The van der Waals surface area contributed by atoms with Crippen molar-refractivity contribution >= 4 is 40.8 Å². The van der Waals surface area contributed by atoms with Gasteiger partial charge in [-0.15, -0.1) is 0 Å². The number of esters is 1. The number of carbonyl (C=O) groups excluding carboxylic acids is 3. The number of rotatable bonds is 5. The maximum Gasteiger partial charge on any atom is 0.337 e. The Morgan fingerprint density at radius 2 is 1.58 bits per heavy atom. The van der Waals surface area contributed by atoms with Gasteiger partial charge < -0.3 is 15.4 Å². The van der Waals surface area contributed by atoms with Crippen LogP contribution in [0.25, 0.3) is 0 Å². The van der Waals surface area contributed by atoms with Crippen LogP contribution in [0, 0.1) is 0 Å². The molecule has 0 bridgehead atoms. The van der Waals surface area contributed by atoms with Gasteiger partial charge in [-0.05, 0) is 36.4 Å². The van der Waals surface area contributed by atoms with E-state index in [1.165, 1.54) is 19.2 Å². The lowest BCUT2D eigenvalue weighted by Gasteiger charge is -2.08. The first-order valence-corrected chi connectivity index (χ1v) is 7.40. The highest BCUT2D eigenvalue weighted by molar-refractivity contribution is 6.33. The number of ether oxygens (including phenoxy) is 1. The van der Waals surface area contributed by atoms with E-state index in [-0.39, 0.29) is 6.42 Å². The number of hydrogen-bond donors (Lipinski definition) is 2. The molecule has 124 valence electrons. The summed E-state index contributed by atoms with van der Waals surface area (Å²) < 4.78 is 4.59. The van der Waals surface area contributed by atoms with Crippen molar-refractivity contribution in [2.75, 3.05) is 17.7 Å². The van der Waals surface area contributed by atoms with Gasteiger partial charge in [-0.2, -0.15) is 0 Å². The van der Waals surface area contributed by atoms with Gasteiger partial charge in [0.15, 0.2) is 0 Å². The van der Waals surface area contributed by atoms with Crippen LogP contribution >= 0.6 is 11.6 Å². The van der Waals surface area contributed by atoms with Crippen molar-refractivity contribution in [2.45, 2.75) is 6.42 Å². The fraction of sp³-hybridized carbons (Fsp3) is 0.118. The number of methoxy groups -OCH3 is 1. The van der Waals surface area contributed by atoms with E-state index in [4.69, 9.17) is 11.6 Å². The predicted molar refractivity (Wildman–Crippen MR) is 91.1 cm³/mol. The Labute approximate surface area is 143 Å². The Hall–Kier alpha value is -2.86. The summed E-state index contributed by atoms with van der Waals surface area (Å²) in [6, 6.07) is 12.9. The van der Waals surface area contributed by atoms with Crippen LogP contribution in [-0.4, -0.2) is 24.9 Å². The summed E-state index contributed by atoms with van der Waals surface area (Å²) >= 11 is 5.93. The fourth-order valence-corrected chi connectivity index (χ4v) is 2.10. The maximum absolute atomic E-state index is 11.9. The molecule has 2 aromatic carbocycles. The van der Waals surface area contributed by atoms with Gasteiger partial charge in [-0.1, -0.05) is 23.7 Å². The molecule has 7 heteroatoms. The molecule has 0 radical (unpaired) electrons. The van der Waals surface area contributed by atoms with E-state index in [0.717, 1.165) is 0 Å². The second-order valence-corrected chi connectivity index (χ2v) is 5.23. The lowest BCUT2D eigenvalue weighted by molar-refractivity contribution is -0.123. The van der Waals surface area contributed by atoms with Crippen LogP contribution < -0.4 is 10.6 Å². The number of para-hydroxylation sites is 1. The van der Waals surface area contributed by atoms with Gasteiger partial charge in [-0.25, -0.2) is 4.79 Å². The first kappa shape index (κ1) is 17.5. The average Bonchev–Trinajstić information content (AvgIpc) is 2.56. The molecule has 2 N–H and O–H groups in total. The van der Waals surface area contributed by atoms with E-state index in [9.17, 15) is 14.4 Å². The van der Waals surface area contributed by atoms with Crippen LogP contribution in [-0.2, 0) is 14.3 Å². The highest BCUT2D eigenvalue weighted by atomic mass is 35.5. The quantitative estimate of drug-likeness (QED) is 0.643. The van der Waals surface area contributed by atoms with Crippen LogP contribution in [0.3, 0.4) is 0 Å². The van der Waals surface area contributed by atoms with Crippen molar-refractivity contribution in [1.29, 1.82) is 0 Å². The summed E-state index contributed by atoms with van der Waals surface area (Å²) in [5.41, 5.74) is 1.28. The summed E-state index contributed by atoms with van der Waals surface area (Å²) in [4.78, 5) is 35.1. The Bertz CT molecular complexity index is 759. The largest absolute Gasteiger partial charge is 0.465 e. The van der Waals surface area contributed by atoms with Crippen LogP contribution in [0.4, 0.5) is 11.4 Å². The van der Waals surface area contributed by atoms with Gasteiger partial charge in [0, 0.05) is 5.69 Å². The minimum absolute atomic E-state index is 0.357. The molecule has 0 aliphatic carbocycles. The van der Waals surface area contributed by atoms with E-state index in [2.05, 4.69) is 15.4 Å². The lowest BCUT2D eigenvalue weighted by Crippen LogP contribution is -2.21. The van der Waals surface area contributed by atoms with E-state index in [0.29, 0.717) is 22.0 Å². The van der Waals surface area contributed by atoms with Crippen LogP contribution in [0.1, 0.15) is 16.8 Å². The first-order chi connectivity index (χ1) is 11.5. The Morgan fingerprint density at radius 3 is 2.21 bits per heavy atom. The van der Waals surface area contributed by atoms with Crippen LogP contribution in [0.5, 0.6) is 0 Å². The van der Waals surface area contributed by atoms with Gasteiger partial charge >= 0.3 is 5.97 Å². The average molecular weight is 347 g/mol. The Morgan fingerprint density at radius 1 is 0.958 bits per heavy atom. The number of nitrogens with one attached hydrogen (secondary N) is 2. The fourth-order valence-electron chi connectivity index (χ4n) is 1.92. The molecule has 6 nitrogen and oxygen atoms in total. The summed E-state index contributed by atoms with van der Waals surface area (Å²) in [5, 5.41) is 5.53. The Kier molecular flexibility index (Phi) is 5.92. The molecular weight excluding hydrogens is 332 g/mol. The molecule has 0 fully saturated rings. The zero-order chi connectivity index (χ0) is 17.5. The minimum Gasteiger partial charge on any atom is -0.465 e. The first-order valence-electron chi connectivity index (χ1n) is 7.02. The van der Waals surface area contributed by atoms with Crippen molar-refractivity contribution in [3.8, 4) is 0 Å². The van der Waals surface area contributed by atoms with E-state index >= 15 is 0 Å². The van der Waals surface area contributed by atoms with Gasteiger partial charge in [0.2, 0.25) is 11.8 Å². The van der Waals surface area contributed by atoms with E-state index in [1.54, 1.807) is 36.4 Å². The highest BCUT2D eigenvalue weighted by Crippen LogP contribution is 2.20. The van der Waals surface area contributed by atoms with Gasteiger partial charge in [0.1, 0.15) is 6.42 Å². The smallest absolute Gasteiger partial charge is 0.337 e. The van der Waals surface area contributed by atoms with Crippen LogP contribution in [0.15, 0.2) is 48.5 Å². The van der Waals surface area contributed by atoms with Crippen molar-refractivity contribution in [2.24, 2.45) is 0 Å². The van der Waals surface area contributed by atoms with Gasteiger partial charge in [0.25, 0.3) is 0 Å². The zero-order valence-corrected chi connectivity index (χ0v) is 13.6. The molecule has 2 aromatic rings. The van der Waals surface area contributed by atoms with Gasteiger partial charge in [0.05, 0.1) is 23.4 Å². The van der Waals surface area contributed by atoms with Crippen molar-refractivity contribution < 1.29 is 19.1 Å². The molecule has 0 aliphatic heterocycles. The molecule has 0 spiro atoms. The molecule has 0 saturated heterocycles. The third kappa shape index (κ3) is 4.82. The number of benzene rings is 2. The summed E-state index contributed by atoms with van der Waals surface area (Å²) in [6.45, 7) is 0. The molecule has 0 saturated carbocycles. The SMILES string of the molecule is COC(=O)c1ccc(NC(=O)CC(=O)Nc2ccccc2Cl)cc1. The lowest BCUT2D eigenvalue weighted by atomic mass is 10.2. The molecule has 24 heavy (non-hydrogen) atoms. The molecule has 2 rings (SSSR count). The molecule has 0 aromatic heterocycles. The highest BCUT2D eigenvalue weighted by Gasteiger charge is 2.12. The number of anilines is 2. The third-order valence-electron chi connectivity index (χ3n) is 3.06. The number of hydrogen-bond acceptors (Lipinski definition) is 4. The molecule has 0 aliphatic rings. The number of amides is 2. The van der Waals surface area contributed by atoms with E-state index < -0.39 is 17.8 Å². The molecule has 0 heterocycles. The van der Waals surface area contributed by atoms with Gasteiger partial charge in [-0.3, -0.25) is 9.59 Å². The maximum atomic E-state index is 11.9. The second-order valence-electron chi connectivity index (χ2n) is 4.82. The van der Waals surface area contributed by atoms with Crippen molar-refractivity contribution in [3.63, 3.8) is 0 Å². The molecule has 0 unspecified atom stereocenters. The molecular formula is C17H15ClN2O4. The summed E-state index contributed by atoms with van der Waals surface area (Å²) in [5.74, 6) is -1.43. The summed E-state index contributed by atoms with van der Waals surface area (Å²) in [7, 11) is 1.29. The molecule has 2 amide bonds. The number of halogens is 1. The summed E-state index contributed by atoms with van der Waals surface area (Å²) in [6.07, 6.45) is -0.357. The third-order valence-corrected chi connectivity index (χ3v) is 3.39. The number of carbonyl (C=O) groups is 3. The normalized spacial score (nSPS) is 9.92. The van der Waals surface area contributed by atoms with E-state index in [1.807, 2.05) is 0 Å². The monoisotopic (exact) mass is 346 g/mol. The molecule has 0 atom stereocenters. The topological polar surface area (TPSA) is 84.5 Å². The Balaban J connectivity index is 1.89. The predicted octanol–water partition coefficient (Wildman–Crippen LogP) is 3.09. The standard InChI is InChI=1S/C17H15ClN2O4/c1-24-17(23)11-6-8-12(9-7-11)19-15(21)10-16(22)20-14-5-3-2-4-13(14)18/h2-9H,10H2,1H3,(H,19,21)(H,20,22). The zero-order valence-electron chi connectivity index (χ0n) is 12.8. The van der Waals surface area contributed by atoms with Crippen molar-refractivity contribution in [1.82, 2.24) is 0 Å². The minimum atomic E-state index is -0.481. The van der Waals surface area contributed by atoms with Crippen LogP contribution in [0.2, 0.25) is 5.02 Å². The van der Waals surface area contributed by atoms with Crippen molar-refractivity contribution in [3.05, 3.63) is 59.1 Å². The second kappa shape index (κ2) is 8.12.